The van der Waals surface area contributed by atoms with Crippen LogP contribution in [0.25, 0.3) is 12.2 Å². The summed E-state index contributed by atoms with van der Waals surface area (Å²) in [4.78, 5) is 0. The van der Waals surface area contributed by atoms with Crippen LogP contribution in [0.4, 0.5) is 8.78 Å². The van der Waals surface area contributed by atoms with Gasteiger partial charge >= 0.3 is 0 Å². The topological polar surface area (TPSA) is 0 Å². The summed E-state index contributed by atoms with van der Waals surface area (Å²) in [6.07, 6.45) is 7.31. The van der Waals surface area contributed by atoms with Gasteiger partial charge in [0.1, 0.15) is 0 Å². The predicted molar refractivity (Wildman–Crippen MR) is 70.9 cm³/mol. The van der Waals surface area contributed by atoms with Gasteiger partial charge in [-0.15, -0.1) is 0 Å². The molecule has 0 aromatic heterocycles. The lowest BCUT2D eigenvalue weighted by Gasteiger charge is -1.94. The van der Waals surface area contributed by atoms with Crippen LogP contribution in [-0.4, -0.2) is 0 Å². The van der Waals surface area contributed by atoms with Crippen LogP contribution in [0.3, 0.4) is 0 Å². The molecule has 0 radical (unpaired) electrons. The van der Waals surface area contributed by atoms with E-state index in [0.29, 0.717) is 5.56 Å². The number of benzene rings is 2. The smallest absolute Gasteiger partial charge is 0.159 e. The lowest BCUT2D eigenvalue weighted by atomic mass is 10.2. The van der Waals surface area contributed by atoms with Crippen LogP contribution in [0.5, 0.6) is 0 Å². The fourth-order valence-corrected chi connectivity index (χ4v) is 1.51. The van der Waals surface area contributed by atoms with E-state index >= 15 is 0 Å². The van der Waals surface area contributed by atoms with Gasteiger partial charge in [-0.1, -0.05) is 60.7 Å². The summed E-state index contributed by atoms with van der Waals surface area (Å²) in [5.74, 6) is -1.66. The number of hydrogen-bond acceptors (Lipinski definition) is 0. The van der Waals surface area contributed by atoms with Crippen molar-refractivity contribution in [1.82, 2.24) is 0 Å². The molecule has 0 aliphatic heterocycles. The molecule has 0 amide bonds. The molecule has 0 saturated heterocycles. The highest BCUT2D eigenvalue weighted by molar-refractivity contribution is 5.56. The van der Waals surface area contributed by atoms with Crippen LogP contribution >= 0.6 is 0 Å². The van der Waals surface area contributed by atoms with Crippen LogP contribution in [-0.2, 0) is 0 Å². The molecule has 0 nitrogen and oxygen atoms in total. The molecular formula is C16H12F2. The van der Waals surface area contributed by atoms with Gasteiger partial charge in [0.2, 0.25) is 0 Å². The second kappa shape index (κ2) is 5.92. The van der Waals surface area contributed by atoms with Gasteiger partial charge in [0.25, 0.3) is 0 Å². The summed E-state index contributed by atoms with van der Waals surface area (Å²) in [5.41, 5.74) is 1.72. The molecule has 0 atom stereocenters. The maximum absolute atomic E-state index is 12.9. The van der Waals surface area contributed by atoms with Crippen molar-refractivity contribution in [3.05, 3.63) is 83.4 Å². The number of allylic oxidation sites excluding steroid dienone is 2. The number of halogens is 2. The molecule has 18 heavy (non-hydrogen) atoms. The quantitative estimate of drug-likeness (QED) is 0.685. The minimum atomic E-state index is -0.829. The summed E-state index contributed by atoms with van der Waals surface area (Å²) in [5, 5.41) is 0. The third kappa shape index (κ3) is 3.39. The minimum absolute atomic E-state index is 0.631. The molecule has 2 aromatic carbocycles. The third-order valence-corrected chi connectivity index (χ3v) is 2.43. The van der Waals surface area contributed by atoms with E-state index in [1.54, 1.807) is 12.2 Å². The zero-order valence-electron chi connectivity index (χ0n) is 9.68. The maximum atomic E-state index is 12.9. The van der Waals surface area contributed by atoms with Crippen molar-refractivity contribution >= 4 is 12.2 Å². The molecular weight excluding hydrogens is 230 g/mol. The Bertz CT molecular complexity index is 569. The van der Waals surface area contributed by atoms with Crippen LogP contribution in [0.1, 0.15) is 11.1 Å². The fourth-order valence-electron chi connectivity index (χ4n) is 1.51. The average Bonchev–Trinajstić information content (AvgIpc) is 2.40. The molecule has 0 aliphatic carbocycles. The van der Waals surface area contributed by atoms with Gasteiger partial charge in [0, 0.05) is 0 Å². The van der Waals surface area contributed by atoms with Crippen molar-refractivity contribution in [3.8, 4) is 0 Å². The SMILES string of the molecule is Fc1ccc(C=CC=Cc2ccccc2)cc1F. The number of rotatable bonds is 3. The lowest BCUT2D eigenvalue weighted by Crippen LogP contribution is -1.83. The third-order valence-electron chi connectivity index (χ3n) is 2.43. The first-order valence-electron chi connectivity index (χ1n) is 5.60. The van der Waals surface area contributed by atoms with E-state index in [2.05, 4.69) is 0 Å². The molecule has 2 heteroatoms. The standard InChI is InChI=1S/C16H12F2/c17-15-11-10-14(12-16(15)18)9-5-4-8-13-6-2-1-3-7-13/h1-12H. The van der Waals surface area contributed by atoms with Gasteiger partial charge in [-0.05, 0) is 23.3 Å². The van der Waals surface area contributed by atoms with Gasteiger partial charge in [-0.25, -0.2) is 8.78 Å². The molecule has 0 bridgehead atoms. The fraction of sp³-hybridized carbons (Fsp3) is 0. The summed E-state index contributed by atoms with van der Waals surface area (Å²) in [6.45, 7) is 0. The monoisotopic (exact) mass is 242 g/mol. The highest BCUT2D eigenvalue weighted by Gasteiger charge is 1.99. The van der Waals surface area contributed by atoms with Crippen molar-refractivity contribution in [2.75, 3.05) is 0 Å². The molecule has 2 rings (SSSR count). The normalized spacial score (nSPS) is 11.4. The van der Waals surface area contributed by atoms with Crippen LogP contribution in [0, 0.1) is 11.6 Å². The van der Waals surface area contributed by atoms with E-state index in [1.165, 1.54) is 12.1 Å². The van der Waals surface area contributed by atoms with Gasteiger partial charge in [-0.3, -0.25) is 0 Å². The maximum Gasteiger partial charge on any atom is 0.159 e. The first-order chi connectivity index (χ1) is 8.75. The second-order valence-corrected chi connectivity index (χ2v) is 3.80. The Morgan fingerprint density at radius 3 is 2.00 bits per heavy atom. The average molecular weight is 242 g/mol. The summed E-state index contributed by atoms with van der Waals surface area (Å²) in [6, 6.07) is 13.7. The summed E-state index contributed by atoms with van der Waals surface area (Å²) < 4.78 is 25.6. The largest absolute Gasteiger partial charge is 0.204 e. The predicted octanol–water partition coefficient (Wildman–Crippen LogP) is 4.69. The Hall–Kier alpha value is -2.22. The van der Waals surface area contributed by atoms with E-state index in [1.807, 2.05) is 42.5 Å². The molecule has 0 spiro atoms. The van der Waals surface area contributed by atoms with E-state index in [0.717, 1.165) is 11.6 Å². The highest BCUT2D eigenvalue weighted by atomic mass is 19.2. The summed E-state index contributed by atoms with van der Waals surface area (Å²) >= 11 is 0. The first-order valence-corrected chi connectivity index (χ1v) is 5.60. The van der Waals surface area contributed by atoms with E-state index in [4.69, 9.17) is 0 Å². The Labute approximate surface area is 105 Å². The van der Waals surface area contributed by atoms with Crippen LogP contribution < -0.4 is 0 Å². The highest BCUT2D eigenvalue weighted by Crippen LogP contribution is 2.10. The van der Waals surface area contributed by atoms with Crippen LogP contribution in [0.2, 0.25) is 0 Å². The zero-order valence-corrected chi connectivity index (χ0v) is 9.68. The zero-order chi connectivity index (χ0) is 12.8. The van der Waals surface area contributed by atoms with Crippen molar-refractivity contribution in [1.29, 1.82) is 0 Å². The Morgan fingerprint density at radius 1 is 0.667 bits per heavy atom. The van der Waals surface area contributed by atoms with Crippen LogP contribution in [0.15, 0.2) is 60.7 Å². The molecule has 90 valence electrons. The van der Waals surface area contributed by atoms with Gasteiger partial charge in [-0.2, -0.15) is 0 Å². The Morgan fingerprint density at radius 2 is 1.33 bits per heavy atom. The lowest BCUT2D eigenvalue weighted by molar-refractivity contribution is 0.508. The Balaban J connectivity index is 2.03. The van der Waals surface area contributed by atoms with E-state index in [-0.39, 0.29) is 0 Å². The van der Waals surface area contributed by atoms with Crippen molar-refractivity contribution in [3.63, 3.8) is 0 Å². The van der Waals surface area contributed by atoms with E-state index in [9.17, 15) is 8.78 Å². The van der Waals surface area contributed by atoms with Gasteiger partial charge in [0.05, 0.1) is 0 Å². The number of hydrogen-bond donors (Lipinski definition) is 0. The van der Waals surface area contributed by atoms with Gasteiger partial charge in [0.15, 0.2) is 11.6 Å². The van der Waals surface area contributed by atoms with E-state index < -0.39 is 11.6 Å². The molecule has 0 fully saturated rings. The van der Waals surface area contributed by atoms with Crippen molar-refractivity contribution in [2.45, 2.75) is 0 Å². The first kappa shape index (κ1) is 12.2. The molecule has 0 unspecified atom stereocenters. The summed E-state index contributed by atoms with van der Waals surface area (Å²) in [7, 11) is 0. The molecule has 0 N–H and O–H groups in total. The minimum Gasteiger partial charge on any atom is -0.204 e. The molecule has 0 aliphatic rings. The molecule has 0 saturated carbocycles. The van der Waals surface area contributed by atoms with Gasteiger partial charge < -0.3 is 0 Å². The second-order valence-electron chi connectivity index (χ2n) is 3.80. The van der Waals surface area contributed by atoms with Crippen molar-refractivity contribution in [2.24, 2.45) is 0 Å². The Kier molecular flexibility index (Phi) is 4.02. The molecule has 0 heterocycles. The van der Waals surface area contributed by atoms with Crippen molar-refractivity contribution < 1.29 is 8.78 Å². The molecule has 2 aromatic rings.